The van der Waals surface area contributed by atoms with Crippen molar-refractivity contribution in [3.8, 4) is 11.5 Å². The van der Waals surface area contributed by atoms with E-state index in [0.29, 0.717) is 23.6 Å². The number of amides is 2. The van der Waals surface area contributed by atoms with Crippen molar-refractivity contribution >= 4 is 11.8 Å². The van der Waals surface area contributed by atoms with Crippen molar-refractivity contribution in [1.82, 2.24) is 5.32 Å². The normalized spacial score (nSPS) is 14.2. The third-order valence-corrected chi connectivity index (χ3v) is 4.99. The fraction of sp³-hybridized carbons (Fsp3) is 0.364. The molecule has 0 aliphatic carbocycles. The van der Waals surface area contributed by atoms with Gasteiger partial charge in [-0.05, 0) is 23.8 Å². The summed E-state index contributed by atoms with van der Waals surface area (Å²) >= 11 is 0. The van der Waals surface area contributed by atoms with Crippen LogP contribution in [-0.2, 0) is 22.6 Å². The van der Waals surface area contributed by atoms with Crippen LogP contribution in [0.4, 0.5) is 0 Å². The van der Waals surface area contributed by atoms with Crippen molar-refractivity contribution in [1.29, 1.82) is 0 Å². The van der Waals surface area contributed by atoms with Crippen molar-refractivity contribution in [3.05, 3.63) is 59.2 Å². The number of rotatable bonds is 9. The topological polar surface area (TPSA) is 104 Å². The van der Waals surface area contributed by atoms with Crippen LogP contribution in [0, 0.1) is 0 Å². The minimum absolute atomic E-state index is 0.219. The predicted molar refractivity (Wildman–Crippen MR) is 111 cm³/mol. The molecule has 8 nitrogen and oxygen atoms in total. The first-order valence-corrected chi connectivity index (χ1v) is 9.92. The average molecular weight is 414 g/mol. The minimum atomic E-state index is -0.587. The molecule has 3 rings (SSSR count). The van der Waals surface area contributed by atoms with E-state index in [0.717, 1.165) is 38.4 Å². The second-order valence-electron chi connectivity index (χ2n) is 7.11. The van der Waals surface area contributed by atoms with Crippen molar-refractivity contribution in [2.45, 2.75) is 13.1 Å². The lowest BCUT2D eigenvalue weighted by molar-refractivity contribution is -0.921. The molecule has 2 aromatic rings. The summed E-state index contributed by atoms with van der Waals surface area (Å²) in [6.07, 6.45) is 0. The zero-order valence-electron chi connectivity index (χ0n) is 17.1. The Morgan fingerprint density at radius 1 is 1.10 bits per heavy atom. The molecule has 4 N–H and O–H groups in total. The molecule has 0 atom stereocenters. The maximum absolute atomic E-state index is 12.7. The van der Waals surface area contributed by atoms with Gasteiger partial charge in [0.15, 0.2) is 18.1 Å². The largest absolute Gasteiger partial charge is 0.493 e. The molecule has 1 aliphatic heterocycles. The van der Waals surface area contributed by atoms with Crippen LogP contribution in [-0.4, -0.2) is 51.8 Å². The molecule has 0 saturated carbocycles. The highest BCUT2D eigenvalue weighted by atomic mass is 16.5. The fourth-order valence-electron chi connectivity index (χ4n) is 3.36. The molecular weight excluding hydrogens is 386 g/mol. The van der Waals surface area contributed by atoms with E-state index < -0.39 is 5.91 Å². The maximum Gasteiger partial charge on any atom is 0.255 e. The summed E-state index contributed by atoms with van der Waals surface area (Å²) in [5.41, 5.74) is 7.86. The fourth-order valence-corrected chi connectivity index (χ4v) is 3.36. The SMILES string of the molecule is COc1cc(C(=O)NCc2ccccc2C[NH+]2CCOCC2)ccc1OCC(N)=O. The van der Waals surface area contributed by atoms with Gasteiger partial charge in [-0.15, -0.1) is 0 Å². The van der Waals surface area contributed by atoms with Crippen LogP contribution in [0.5, 0.6) is 11.5 Å². The minimum Gasteiger partial charge on any atom is -0.493 e. The van der Waals surface area contributed by atoms with E-state index in [-0.39, 0.29) is 12.5 Å². The van der Waals surface area contributed by atoms with Crippen LogP contribution in [0.15, 0.2) is 42.5 Å². The van der Waals surface area contributed by atoms with E-state index in [1.54, 1.807) is 18.2 Å². The number of ether oxygens (including phenoxy) is 3. The summed E-state index contributed by atoms with van der Waals surface area (Å²) in [5.74, 6) is -0.0911. The third-order valence-electron chi connectivity index (χ3n) is 4.99. The predicted octanol–water partition coefficient (Wildman–Crippen LogP) is -0.0956. The highest BCUT2D eigenvalue weighted by Gasteiger charge is 2.17. The number of carbonyl (C=O) groups excluding carboxylic acids is 2. The second-order valence-corrected chi connectivity index (χ2v) is 7.11. The van der Waals surface area contributed by atoms with Gasteiger partial charge in [0.1, 0.15) is 19.6 Å². The molecular formula is C22H28N3O5+. The molecule has 0 aromatic heterocycles. The van der Waals surface area contributed by atoms with Crippen LogP contribution < -0.4 is 25.4 Å². The molecule has 2 amide bonds. The third kappa shape index (κ3) is 5.95. The molecule has 2 aromatic carbocycles. The van der Waals surface area contributed by atoms with Gasteiger partial charge < -0.3 is 30.2 Å². The summed E-state index contributed by atoms with van der Waals surface area (Å²) in [6.45, 7) is 4.64. The summed E-state index contributed by atoms with van der Waals surface area (Å²) in [4.78, 5) is 25.0. The van der Waals surface area contributed by atoms with Crippen LogP contribution in [0.2, 0.25) is 0 Å². The molecule has 0 bridgehead atoms. The number of benzene rings is 2. The second kappa shape index (κ2) is 10.6. The zero-order valence-corrected chi connectivity index (χ0v) is 17.1. The number of quaternary nitrogens is 1. The molecule has 1 fully saturated rings. The summed E-state index contributed by atoms with van der Waals surface area (Å²) in [7, 11) is 1.47. The lowest BCUT2D eigenvalue weighted by Crippen LogP contribution is -3.12. The van der Waals surface area contributed by atoms with Gasteiger partial charge in [0.2, 0.25) is 0 Å². The van der Waals surface area contributed by atoms with Gasteiger partial charge in [-0.25, -0.2) is 0 Å². The standard InChI is InChI=1S/C22H27N3O5/c1-28-20-12-16(6-7-19(20)30-15-21(23)26)22(27)24-13-17-4-2-3-5-18(17)14-25-8-10-29-11-9-25/h2-7,12H,8-11,13-15H2,1H3,(H2,23,26)(H,24,27)/p+1. The Bertz CT molecular complexity index is 881. The Labute approximate surface area is 175 Å². The smallest absolute Gasteiger partial charge is 0.255 e. The number of primary amides is 1. The van der Waals surface area contributed by atoms with Gasteiger partial charge in [0.25, 0.3) is 11.8 Å². The van der Waals surface area contributed by atoms with E-state index in [1.807, 2.05) is 18.2 Å². The number of methoxy groups -OCH3 is 1. The molecule has 1 heterocycles. The summed E-state index contributed by atoms with van der Waals surface area (Å²) in [5, 5.41) is 2.97. The molecule has 0 spiro atoms. The number of nitrogens with one attached hydrogen (secondary N) is 2. The van der Waals surface area contributed by atoms with Gasteiger partial charge in [-0.2, -0.15) is 0 Å². The van der Waals surface area contributed by atoms with Gasteiger partial charge in [0.05, 0.1) is 20.3 Å². The number of carbonyl (C=O) groups is 2. The summed E-state index contributed by atoms with van der Waals surface area (Å²) < 4.78 is 16.0. The van der Waals surface area contributed by atoms with Crippen molar-refractivity contribution in [2.75, 3.05) is 40.0 Å². The van der Waals surface area contributed by atoms with Crippen molar-refractivity contribution < 1.29 is 28.7 Å². The molecule has 160 valence electrons. The van der Waals surface area contributed by atoms with E-state index in [1.165, 1.54) is 17.6 Å². The van der Waals surface area contributed by atoms with E-state index in [9.17, 15) is 9.59 Å². The summed E-state index contributed by atoms with van der Waals surface area (Å²) in [6, 6.07) is 12.9. The Morgan fingerprint density at radius 3 is 2.53 bits per heavy atom. The first-order chi connectivity index (χ1) is 14.6. The molecule has 0 radical (unpaired) electrons. The maximum atomic E-state index is 12.7. The zero-order chi connectivity index (χ0) is 21.3. The number of hydrogen-bond donors (Lipinski definition) is 3. The molecule has 1 saturated heterocycles. The van der Waals surface area contributed by atoms with Crippen LogP contribution in [0.1, 0.15) is 21.5 Å². The highest BCUT2D eigenvalue weighted by molar-refractivity contribution is 5.94. The molecule has 8 heteroatoms. The van der Waals surface area contributed by atoms with E-state index >= 15 is 0 Å². The number of hydrogen-bond acceptors (Lipinski definition) is 5. The number of nitrogens with two attached hydrogens (primary N) is 1. The Hall–Kier alpha value is -3.10. The first kappa shape index (κ1) is 21.6. The van der Waals surface area contributed by atoms with E-state index in [4.69, 9.17) is 19.9 Å². The van der Waals surface area contributed by atoms with Gasteiger partial charge >= 0.3 is 0 Å². The van der Waals surface area contributed by atoms with Crippen molar-refractivity contribution in [3.63, 3.8) is 0 Å². The van der Waals surface area contributed by atoms with Gasteiger partial charge in [-0.1, -0.05) is 24.3 Å². The molecule has 0 unspecified atom stereocenters. The Balaban J connectivity index is 1.63. The highest BCUT2D eigenvalue weighted by Crippen LogP contribution is 2.28. The lowest BCUT2D eigenvalue weighted by Gasteiger charge is -2.24. The van der Waals surface area contributed by atoms with Crippen LogP contribution >= 0.6 is 0 Å². The molecule has 1 aliphatic rings. The average Bonchev–Trinajstić information content (AvgIpc) is 2.77. The first-order valence-electron chi connectivity index (χ1n) is 9.92. The quantitative estimate of drug-likeness (QED) is 0.532. The van der Waals surface area contributed by atoms with Crippen molar-refractivity contribution in [2.24, 2.45) is 5.73 Å². The monoisotopic (exact) mass is 414 g/mol. The Morgan fingerprint density at radius 2 is 1.83 bits per heavy atom. The van der Waals surface area contributed by atoms with Gasteiger partial charge in [-0.3, -0.25) is 9.59 Å². The lowest BCUT2D eigenvalue weighted by atomic mass is 10.1. The molecule has 30 heavy (non-hydrogen) atoms. The van der Waals surface area contributed by atoms with Crippen LogP contribution in [0.3, 0.4) is 0 Å². The van der Waals surface area contributed by atoms with Gasteiger partial charge in [0, 0.05) is 17.7 Å². The Kier molecular flexibility index (Phi) is 7.64. The number of morpholine rings is 1. The van der Waals surface area contributed by atoms with Crippen LogP contribution in [0.25, 0.3) is 0 Å². The van der Waals surface area contributed by atoms with E-state index in [2.05, 4.69) is 11.4 Å².